The van der Waals surface area contributed by atoms with Crippen molar-refractivity contribution in [1.82, 2.24) is 15.6 Å². The van der Waals surface area contributed by atoms with E-state index in [0.29, 0.717) is 5.69 Å². The number of nitrogens with one attached hydrogen (secondary N) is 2. The van der Waals surface area contributed by atoms with Crippen molar-refractivity contribution in [3.05, 3.63) is 89.6 Å². The lowest BCUT2D eigenvalue weighted by Crippen LogP contribution is -2.19. The van der Waals surface area contributed by atoms with Gasteiger partial charge in [-0.15, -0.1) is 0 Å². The van der Waals surface area contributed by atoms with E-state index in [-0.39, 0.29) is 5.91 Å². The summed E-state index contributed by atoms with van der Waals surface area (Å²) in [6, 6.07) is 23.9. The van der Waals surface area contributed by atoms with Gasteiger partial charge in [-0.1, -0.05) is 72.3 Å². The maximum atomic E-state index is 12.5. The van der Waals surface area contributed by atoms with Crippen molar-refractivity contribution >= 4 is 22.4 Å². The molecule has 0 spiro atoms. The molecule has 0 aliphatic heterocycles. The first-order valence-electron chi connectivity index (χ1n) is 9.07. The Balaban J connectivity index is 1.54. The third-order valence-corrected chi connectivity index (χ3v) is 4.68. The van der Waals surface area contributed by atoms with Crippen LogP contribution in [0.25, 0.3) is 22.0 Å². The monoisotopic (exact) mass is 368 g/mol. The Morgan fingerprint density at radius 1 is 1.00 bits per heavy atom. The number of carbonyl (C=O) groups excluding carboxylic acids is 1. The number of aromatic amines is 1. The molecule has 1 amide bonds. The molecule has 0 atom stereocenters. The van der Waals surface area contributed by atoms with Gasteiger partial charge >= 0.3 is 0 Å². The van der Waals surface area contributed by atoms with Crippen molar-refractivity contribution < 1.29 is 4.79 Å². The molecule has 1 aromatic heterocycles. The Labute approximate surface area is 163 Å². The van der Waals surface area contributed by atoms with Crippen LogP contribution in [0.2, 0.25) is 0 Å². The Morgan fingerprint density at radius 2 is 1.75 bits per heavy atom. The van der Waals surface area contributed by atoms with Crippen molar-refractivity contribution in [2.45, 2.75) is 13.8 Å². The first-order valence-corrected chi connectivity index (χ1v) is 9.07. The number of fused-ring (bicyclic) bond motifs is 1. The second-order valence-corrected chi connectivity index (χ2v) is 6.70. The molecule has 5 nitrogen and oxygen atoms in total. The van der Waals surface area contributed by atoms with E-state index in [9.17, 15) is 4.79 Å². The van der Waals surface area contributed by atoms with E-state index >= 15 is 0 Å². The van der Waals surface area contributed by atoms with Gasteiger partial charge in [0.1, 0.15) is 5.69 Å². The molecule has 3 aromatic carbocycles. The predicted octanol–water partition coefficient (Wildman–Crippen LogP) is 4.69. The highest BCUT2D eigenvalue weighted by molar-refractivity contribution is 6.01. The van der Waals surface area contributed by atoms with E-state index in [1.807, 2.05) is 68.4 Å². The van der Waals surface area contributed by atoms with Gasteiger partial charge in [-0.05, 0) is 36.2 Å². The number of hydrogen-bond acceptors (Lipinski definition) is 3. The number of hydrogen-bond donors (Lipinski definition) is 2. The molecule has 5 heteroatoms. The summed E-state index contributed by atoms with van der Waals surface area (Å²) in [5.41, 5.74) is 7.54. The molecule has 0 saturated heterocycles. The highest BCUT2D eigenvalue weighted by atomic mass is 16.2. The third kappa shape index (κ3) is 3.55. The predicted molar refractivity (Wildman–Crippen MR) is 112 cm³/mol. The van der Waals surface area contributed by atoms with Gasteiger partial charge in [-0.25, -0.2) is 5.43 Å². The summed E-state index contributed by atoms with van der Waals surface area (Å²) >= 11 is 0. The molecular formula is C23H20N4O. The molecule has 138 valence electrons. The van der Waals surface area contributed by atoms with Crippen molar-refractivity contribution in [3.8, 4) is 11.3 Å². The Bertz CT molecular complexity index is 1170. The van der Waals surface area contributed by atoms with Crippen LogP contribution < -0.4 is 5.43 Å². The molecule has 28 heavy (non-hydrogen) atoms. The molecule has 0 aliphatic rings. The first-order chi connectivity index (χ1) is 13.6. The molecule has 2 N–H and O–H groups in total. The number of hydrazone groups is 1. The summed E-state index contributed by atoms with van der Waals surface area (Å²) in [5, 5.41) is 13.6. The fourth-order valence-electron chi connectivity index (χ4n) is 3.08. The molecule has 0 radical (unpaired) electrons. The van der Waals surface area contributed by atoms with E-state index in [2.05, 4.69) is 32.9 Å². The topological polar surface area (TPSA) is 70.1 Å². The fourth-order valence-corrected chi connectivity index (χ4v) is 3.08. The van der Waals surface area contributed by atoms with Crippen LogP contribution in [0.3, 0.4) is 0 Å². The SMILES string of the molecule is C/C(=N\NC(=O)c1cc(-c2cccc3ccccc23)n[nH]1)c1ccc(C)cc1. The smallest absolute Gasteiger partial charge is 0.272 e. The molecular weight excluding hydrogens is 348 g/mol. The molecule has 0 bridgehead atoms. The summed E-state index contributed by atoms with van der Waals surface area (Å²) in [5.74, 6) is -0.328. The van der Waals surface area contributed by atoms with Crippen LogP contribution in [0.15, 0.2) is 77.9 Å². The number of benzene rings is 3. The summed E-state index contributed by atoms with van der Waals surface area (Å²) in [4.78, 5) is 12.5. The minimum atomic E-state index is -0.328. The van der Waals surface area contributed by atoms with Crippen LogP contribution in [0.4, 0.5) is 0 Å². The van der Waals surface area contributed by atoms with Gasteiger partial charge in [0, 0.05) is 5.56 Å². The quantitative estimate of drug-likeness (QED) is 0.405. The Morgan fingerprint density at radius 3 is 2.57 bits per heavy atom. The van der Waals surface area contributed by atoms with Gasteiger partial charge in [-0.3, -0.25) is 9.89 Å². The van der Waals surface area contributed by atoms with Crippen molar-refractivity contribution in [1.29, 1.82) is 0 Å². The largest absolute Gasteiger partial charge is 0.289 e. The minimum absolute atomic E-state index is 0.328. The summed E-state index contributed by atoms with van der Waals surface area (Å²) < 4.78 is 0. The number of aryl methyl sites for hydroxylation is 1. The standard InChI is InChI=1S/C23H20N4O/c1-15-10-12-17(13-11-15)16(2)24-27-23(28)22-14-21(25-26-22)20-9-5-7-18-6-3-4-8-19(18)20/h3-14H,1-2H3,(H,25,26)(H,27,28)/b24-16+. The van der Waals surface area contributed by atoms with E-state index in [1.165, 1.54) is 5.56 Å². The number of amides is 1. The Hall–Kier alpha value is -3.73. The maximum absolute atomic E-state index is 12.5. The minimum Gasteiger partial charge on any atom is -0.272 e. The van der Waals surface area contributed by atoms with Crippen molar-refractivity contribution in [2.75, 3.05) is 0 Å². The normalized spacial score (nSPS) is 11.6. The van der Waals surface area contributed by atoms with E-state index in [4.69, 9.17) is 0 Å². The first kappa shape index (κ1) is 17.7. The zero-order valence-corrected chi connectivity index (χ0v) is 15.7. The van der Waals surface area contributed by atoms with Crippen LogP contribution in [-0.4, -0.2) is 21.8 Å². The molecule has 0 aliphatic carbocycles. The van der Waals surface area contributed by atoms with Gasteiger partial charge in [-0.2, -0.15) is 10.2 Å². The zero-order chi connectivity index (χ0) is 19.5. The number of carbonyl (C=O) groups is 1. The van der Waals surface area contributed by atoms with Crippen LogP contribution in [-0.2, 0) is 0 Å². The highest BCUT2D eigenvalue weighted by Gasteiger charge is 2.12. The molecule has 0 saturated carbocycles. The molecule has 1 heterocycles. The van der Waals surface area contributed by atoms with E-state index in [0.717, 1.165) is 33.3 Å². The lowest BCUT2D eigenvalue weighted by Gasteiger charge is -2.03. The summed E-state index contributed by atoms with van der Waals surface area (Å²) in [6.45, 7) is 3.89. The van der Waals surface area contributed by atoms with Crippen molar-refractivity contribution in [3.63, 3.8) is 0 Å². The molecule has 4 aromatic rings. The fraction of sp³-hybridized carbons (Fsp3) is 0.0870. The molecule has 0 fully saturated rings. The number of H-pyrrole nitrogens is 1. The summed E-state index contributed by atoms with van der Waals surface area (Å²) in [6.07, 6.45) is 0. The zero-order valence-electron chi connectivity index (χ0n) is 15.7. The van der Waals surface area contributed by atoms with Gasteiger partial charge in [0.25, 0.3) is 5.91 Å². The van der Waals surface area contributed by atoms with Crippen LogP contribution in [0, 0.1) is 6.92 Å². The second-order valence-electron chi connectivity index (χ2n) is 6.70. The second kappa shape index (κ2) is 7.48. The average Bonchev–Trinajstić information content (AvgIpc) is 3.22. The highest BCUT2D eigenvalue weighted by Crippen LogP contribution is 2.27. The number of nitrogens with zero attached hydrogens (tertiary/aromatic N) is 2. The lowest BCUT2D eigenvalue weighted by atomic mass is 10.0. The van der Waals surface area contributed by atoms with Crippen LogP contribution in [0.1, 0.15) is 28.5 Å². The van der Waals surface area contributed by atoms with Gasteiger partial charge in [0.2, 0.25) is 0 Å². The van der Waals surface area contributed by atoms with Crippen LogP contribution >= 0.6 is 0 Å². The van der Waals surface area contributed by atoms with Gasteiger partial charge in [0.15, 0.2) is 0 Å². The lowest BCUT2D eigenvalue weighted by molar-refractivity contribution is 0.0950. The maximum Gasteiger partial charge on any atom is 0.289 e. The van der Waals surface area contributed by atoms with Gasteiger partial charge in [0.05, 0.1) is 11.4 Å². The summed E-state index contributed by atoms with van der Waals surface area (Å²) in [7, 11) is 0. The van der Waals surface area contributed by atoms with Crippen molar-refractivity contribution in [2.24, 2.45) is 5.10 Å². The Kier molecular flexibility index (Phi) is 4.72. The van der Waals surface area contributed by atoms with E-state index < -0.39 is 0 Å². The third-order valence-electron chi connectivity index (χ3n) is 4.68. The van der Waals surface area contributed by atoms with Crippen LogP contribution in [0.5, 0.6) is 0 Å². The molecule has 4 rings (SSSR count). The van der Waals surface area contributed by atoms with E-state index in [1.54, 1.807) is 6.07 Å². The molecule has 0 unspecified atom stereocenters. The van der Waals surface area contributed by atoms with Gasteiger partial charge < -0.3 is 0 Å². The average molecular weight is 368 g/mol. The number of rotatable bonds is 4. The number of aromatic nitrogens is 2.